The van der Waals surface area contributed by atoms with Crippen molar-refractivity contribution in [3.63, 3.8) is 0 Å². The number of carbonyl (C=O) groups excluding carboxylic acids is 2. The molecule has 1 saturated heterocycles. The second-order valence-electron chi connectivity index (χ2n) is 8.71. The number of rotatable bonds is 7. The lowest BCUT2D eigenvalue weighted by molar-refractivity contribution is -0.133. The summed E-state index contributed by atoms with van der Waals surface area (Å²) >= 11 is 12.1. The van der Waals surface area contributed by atoms with Gasteiger partial charge in [-0.05, 0) is 58.1 Å². The average molecular weight is 459 g/mol. The van der Waals surface area contributed by atoms with Crippen molar-refractivity contribution in [1.82, 2.24) is 9.80 Å². The summed E-state index contributed by atoms with van der Waals surface area (Å²) in [5, 5.41) is 0.833. The lowest BCUT2D eigenvalue weighted by Crippen LogP contribution is -2.45. The monoisotopic (exact) mass is 458 g/mol. The molecule has 0 aliphatic carbocycles. The molecule has 1 aliphatic heterocycles. The summed E-state index contributed by atoms with van der Waals surface area (Å²) < 4.78 is 11.1. The van der Waals surface area contributed by atoms with Gasteiger partial charge in [0, 0.05) is 33.1 Å². The third kappa shape index (κ3) is 7.88. The minimum Gasteiger partial charge on any atom is -0.492 e. The van der Waals surface area contributed by atoms with Gasteiger partial charge in [-0.2, -0.15) is 0 Å². The normalized spacial score (nSPS) is 16.9. The van der Waals surface area contributed by atoms with Crippen molar-refractivity contribution in [2.24, 2.45) is 5.92 Å². The van der Waals surface area contributed by atoms with Gasteiger partial charge in [-0.1, -0.05) is 29.3 Å². The molecule has 0 saturated carbocycles. The predicted octanol–water partition coefficient (Wildman–Crippen LogP) is 5.26. The number of ether oxygens (including phenoxy) is 2. The molecule has 1 heterocycles. The first-order valence-electron chi connectivity index (χ1n) is 10.4. The van der Waals surface area contributed by atoms with Crippen molar-refractivity contribution >= 4 is 35.2 Å². The van der Waals surface area contributed by atoms with Gasteiger partial charge in [0.1, 0.15) is 16.4 Å². The Balaban J connectivity index is 1.74. The smallest absolute Gasteiger partial charge is 0.410 e. The molecule has 0 aromatic heterocycles. The van der Waals surface area contributed by atoms with E-state index in [1.807, 2.05) is 25.7 Å². The van der Waals surface area contributed by atoms with E-state index in [4.69, 9.17) is 32.7 Å². The third-order valence-electron chi connectivity index (χ3n) is 4.82. The molecule has 0 radical (unpaired) electrons. The molecule has 8 heteroatoms. The molecule has 1 fully saturated rings. The van der Waals surface area contributed by atoms with E-state index in [2.05, 4.69) is 0 Å². The molecule has 0 bridgehead atoms. The van der Waals surface area contributed by atoms with Crippen LogP contribution in [0.15, 0.2) is 18.2 Å². The number of benzene rings is 1. The van der Waals surface area contributed by atoms with Crippen LogP contribution >= 0.6 is 23.2 Å². The van der Waals surface area contributed by atoms with Crippen LogP contribution in [0.25, 0.3) is 0 Å². The van der Waals surface area contributed by atoms with Gasteiger partial charge in [-0.15, -0.1) is 0 Å². The maximum absolute atomic E-state index is 12.6. The van der Waals surface area contributed by atoms with Crippen molar-refractivity contribution in [3.05, 3.63) is 28.2 Å². The van der Waals surface area contributed by atoms with Gasteiger partial charge in [-0.25, -0.2) is 4.79 Å². The summed E-state index contributed by atoms with van der Waals surface area (Å²) in [6.07, 6.45) is 2.61. The topological polar surface area (TPSA) is 59.1 Å². The van der Waals surface area contributed by atoms with Crippen LogP contribution < -0.4 is 4.74 Å². The molecule has 1 aromatic carbocycles. The van der Waals surface area contributed by atoms with Crippen molar-refractivity contribution < 1.29 is 19.1 Å². The maximum Gasteiger partial charge on any atom is 0.410 e. The number of piperidine rings is 1. The fraction of sp³-hybridized carbons (Fsp3) is 0.636. The van der Waals surface area contributed by atoms with Crippen LogP contribution in [-0.2, 0) is 9.53 Å². The van der Waals surface area contributed by atoms with E-state index in [0.29, 0.717) is 48.3 Å². The van der Waals surface area contributed by atoms with E-state index in [0.717, 1.165) is 19.4 Å². The Hall–Kier alpha value is -1.66. The van der Waals surface area contributed by atoms with E-state index in [-0.39, 0.29) is 17.9 Å². The Labute approximate surface area is 189 Å². The number of likely N-dealkylation sites (tertiary alicyclic amines) is 1. The van der Waals surface area contributed by atoms with Gasteiger partial charge < -0.3 is 19.3 Å². The van der Waals surface area contributed by atoms with Gasteiger partial charge in [0.25, 0.3) is 0 Å². The summed E-state index contributed by atoms with van der Waals surface area (Å²) in [7, 11) is 1.74. The van der Waals surface area contributed by atoms with Crippen molar-refractivity contribution in [2.75, 3.05) is 33.3 Å². The minimum atomic E-state index is -0.517. The van der Waals surface area contributed by atoms with Crippen LogP contribution in [0.3, 0.4) is 0 Å². The van der Waals surface area contributed by atoms with Crippen LogP contribution in [-0.4, -0.2) is 60.7 Å². The number of carbonyl (C=O) groups is 2. The molecular formula is C22H32Cl2N2O4. The highest BCUT2D eigenvalue weighted by atomic mass is 35.5. The zero-order valence-corrected chi connectivity index (χ0v) is 19.8. The lowest BCUT2D eigenvalue weighted by Gasteiger charge is -2.35. The number of hydrogen-bond donors (Lipinski definition) is 0. The van der Waals surface area contributed by atoms with Gasteiger partial charge in [0.2, 0.25) is 5.91 Å². The third-order valence-corrected chi connectivity index (χ3v) is 5.62. The first kappa shape index (κ1) is 24.6. The van der Waals surface area contributed by atoms with Crippen molar-refractivity contribution in [2.45, 2.75) is 52.1 Å². The van der Waals surface area contributed by atoms with Gasteiger partial charge in [-0.3, -0.25) is 4.79 Å². The summed E-state index contributed by atoms with van der Waals surface area (Å²) in [6, 6.07) is 5.23. The number of nitrogens with zero attached hydrogens (tertiary/aromatic N) is 2. The van der Waals surface area contributed by atoms with Crippen molar-refractivity contribution in [1.29, 1.82) is 0 Å². The highest BCUT2D eigenvalue weighted by Gasteiger charge is 2.27. The van der Waals surface area contributed by atoms with E-state index in [1.54, 1.807) is 30.1 Å². The molecule has 168 valence electrons. The Morgan fingerprint density at radius 2 is 2.00 bits per heavy atom. The number of hydrogen-bond acceptors (Lipinski definition) is 4. The molecule has 2 amide bonds. The average Bonchev–Trinajstić information content (AvgIpc) is 2.67. The minimum absolute atomic E-state index is 0.111. The SMILES string of the molecule is CN(CC1CCCN(C(=O)CCCOc2cccc(Cl)c2Cl)C1)C(=O)OC(C)(C)C. The predicted molar refractivity (Wildman–Crippen MR) is 119 cm³/mol. The van der Waals surface area contributed by atoms with E-state index in [9.17, 15) is 9.59 Å². The molecule has 6 nitrogen and oxygen atoms in total. The molecule has 1 aliphatic rings. The molecular weight excluding hydrogens is 427 g/mol. The molecule has 1 aromatic rings. The summed E-state index contributed by atoms with van der Waals surface area (Å²) in [6.45, 7) is 7.94. The van der Waals surface area contributed by atoms with Crippen molar-refractivity contribution in [3.8, 4) is 5.75 Å². The zero-order valence-electron chi connectivity index (χ0n) is 18.2. The fourth-order valence-electron chi connectivity index (χ4n) is 3.40. The summed E-state index contributed by atoms with van der Waals surface area (Å²) in [4.78, 5) is 28.3. The quantitative estimate of drug-likeness (QED) is 0.522. The van der Waals surface area contributed by atoms with Crippen LogP contribution in [0.2, 0.25) is 10.0 Å². The Morgan fingerprint density at radius 1 is 1.27 bits per heavy atom. The first-order valence-corrected chi connectivity index (χ1v) is 11.1. The summed E-state index contributed by atoms with van der Waals surface area (Å²) in [5.41, 5.74) is -0.517. The molecule has 30 heavy (non-hydrogen) atoms. The Bertz CT molecular complexity index is 736. The second kappa shape index (κ2) is 11.1. The second-order valence-corrected chi connectivity index (χ2v) is 9.50. The van der Waals surface area contributed by atoms with Crippen LogP contribution in [0, 0.1) is 5.92 Å². The zero-order chi connectivity index (χ0) is 22.3. The first-order chi connectivity index (χ1) is 14.1. The van der Waals surface area contributed by atoms with Gasteiger partial charge >= 0.3 is 6.09 Å². The number of amides is 2. The van der Waals surface area contributed by atoms with Crippen LogP contribution in [0.1, 0.15) is 46.5 Å². The van der Waals surface area contributed by atoms with E-state index < -0.39 is 5.60 Å². The fourth-order valence-corrected chi connectivity index (χ4v) is 3.75. The highest BCUT2D eigenvalue weighted by Crippen LogP contribution is 2.31. The summed E-state index contributed by atoms with van der Waals surface area (Å²) in [5.74, 6) is 0.891. The van der Waals surface area contributed by atoms with Gasteiger partial charge in [0.05, 0.1) is 11.6 Å². The molecule has 1 unspecified atom stereocenters. The van der Waals surface area contributed by atoms with E-state index >= 15 is 0 Å². The maximum atomic E-state index is 12.6. The van der Waals surface area contributed by atoms with Crippen LogP contribution in [0.5, 0.6) is 5.75 Å². The standard InChI is InChI=1S/C22H32Cl2N2O4/c1-22(2,3)30-21(28)25(4)14-16-8-6-12-26(15-16)19(27)11-7-13-29-18-10-5-9-17(23)20(18)24/h5,9-10,16H,6-8,11-15H2,1-4H3. The van der Waals surface area contributed by atoms with E-state index in [1.165, 1.54) is 0 Å². The molecule has 2 rings (SSSR count). The largest absolute Gasteiger partial charge is 0.492 e. The number of halogens is 2. The Morgan fingerprint density at radius 3 is 2.70 bits per heavy atom. The highest BCUT2D eigenvalue weighted by molar-refractivity contribution is 6.42. The Kier molecular flexibility index (Phi) is 9.10. The van der Waals surface area contributed by atoms with Gasteiger partial charge in [0.15, 0.2) is 0 Å². The molecule has 0 N–H and O–H groups in total. The lowest BCUT2D eigenvalue weighted by atomic mass is 9.97. The van der Waals surface area contributed by atoms with Crippen LogP contribution in [0.4, 0.5) is 4.79 Å². The molecule has 1 atom stereocenters. The molecule has 0 spiro atoms.